The molecule has 1 aromatic rings. The van der Waals surface area contributed by atoms with E-state index in [2.05, 4.69) is 57.4 Å². The number of likely N-dealkylation sites (N-methyl/N-ethyl adjacent to an activating group) is 2. The fraction of sp³-hybridized carbons (Fsp3) is 0.714. The van der Waals surface area contributed by atoms with Gasteiger partial charge in [0.1, 0.15) is 5.82 Å². The molecule has 0 aromatic carbocycles. The first-order valence-electron chi connectivity index (χ1n) is 10.7. The SMILES string of the molecule is CCNC(=NCc1cccnc1N1CCN(C)CC1)NCCN(C)CCCOC. The van der Waals surface area contributed by atoms with E-state index < -0.39 is 0 Å². The molecule has 29 heavy (non-hydrogen) atoms. The Morgan fingerprint density at radius 3 is 2.76 bits per heavy atom. The summed E-state index contributed by atoms with van der Waals surface area (Å²) < 4.78 is 5.12. The van der Waals surface area contributed by atoms with Crippen LogP contribution in [0.5, 0.6) is 0 Å². The van der Waals surface area contributed by atoms with Gasteiger partial charge in [0.05, 0.1) is 6.54 Å². The Labute approximate surface area is 176 Å². The second kappa shape index (κ2) is 13.3. The zero-order chi connectivity index (χ0) is 20.9. The van der Waals surface area contributed by atoms with Gasteiger partial charge in [-0.15, -0.1) is 0 Å². The number of nitrogens with one attached hydrogen (secondary N) is 2. The molecule has 1 aliphatic rings. The zero-order valence-electron chi connectivity index (χ0n) is 18.7. The van der Waals surface area contributed by atoms with Crippen LogP contribution in [-0.2, 0) is 11.3 Å². The fourth-order valence-corrected chi connectivity index (χ4v) is 3.32. The summed E-state index contributed by atoms with van der Waals surface area (Å²) in [5.41, 5.74) is 1.17. The second-order valence-corrected chi connectivity index (χ2v) is 7.55. The van der Waals surface area contributed by atoms with E-state index in [4.69, 9.17) is 9.73 Å². The first kappa shape index (κ1) is 23.4. The van der Waals surface area contributed by atoms with E-state index in [9.17, 15) is 0 Å². The van der Waals surface area contributed by atoms with E-state index in [0.29, 0.717) is 6.54 Å². The molecule has 1 aliphatic heterocycles. The van der Waals surface area contributed by atoms with Crippen molar-refractivity contribution in [3.05, 3.63) is 23.9 Å². The second-order valence-electron chi connectivity index (χ2n) is 7.55. The molecule has 0 spiro atoms. The van der Waals surface area contributed by atoms with Gasteiger partial charge in [-0.25, -0.2) is 9.98 Å². The van der Waals surface area contributed by atoms with E-state index in [-0.39, 0.29) is 0 Å². The number of piperazine rings is 1. The predicted octanol–water partition coefficient (Wildman–Crippen LogP) is 0.857. The molecule has 8 nitrogen and oxygen atoms in total. The number of hydrogen-bond donors (Lipinski definition) is 2. The van der Waals surface area contributed by atoms with E-state index in [0.717, 1.165) is 77.2 Å². The van der Waals surface area contributed by atoms with Gasteiger partial charge in [-0.2, -0.15) is 0 Å². The monoisotopic (exact) mass is 405 g/mol. The number of anilines is 1. The van der Waals surface area contributed by atoms with Crippen molar-refractivity contribution in [1.82, 2.24) is 25.4 Å². The Morgan fingerprint density at radius 1 is 1.24 bits per heavy atom. The summed E-state index contributed by atoms with van der Waals surface area (Å²) in [5, 5.41) is 6.79. The van der Waals surface area contributed by atoms with Crippen LogP contribution in [0.1, 0.15) is 18.9 Å². The van der Waals surface area contributed by atoms with E-state index >= 15 is 0 Å². The van der Waals surface area contributed by atoms with Crippen LogP contribution in [0.2, 0.25) is 0 Å². The zero-order valence-corrected chi connectivity index (χ0v) is 18.7. The van der Waals surface area contributed by atoms with Crippen molar-refractivity contribution in [3.8, 4) is 0 Å². The summed E-state index contributed by atoms with van der Waals surface area (Å²) >= 11 is 0. The molecule has 2 rings (SSSR count). The number of methoxy groups -OCH3 is 1. The van der Waals surface area contributed by atoms with Gasteiger partial charge in [0, 0.05) is 77.8 Å². The van der Waals surface area contributed by atoms with Gasteiger partial charge in [-0.3, -0.25) is 0 Å². The standard InChI is InChI=1S/C21H39N7O/c1-5-22-21(24-10-12-26(2)11-7-17-29-4)25-18-19-8-6-9-23-20(19)28-15-13-27(3)14-16-28/h6,8-9H,5,7,10-18H2,1-4H3,(H2,22,24,25). The number of nitrogens with zero attached hydrogens (tertiary/aromatic N) is 5. The normalized spacial score (nSPS) is 15.8. The van der Waals surface area contributed by atoms with Gasteiger partial charge in [0.15, 0.2) is 5.96 Å². The molecule has 0 unspecified atom stereocenters. The Kier molecular flexibility index (Phi) is 10.8. The van der Waals surface area contributed by atoms with Gasteiger partial charge >= 0.3 is 0 Å². The van der Waals surface area contributed by atoms with Crippen LogP contribution in [-0.4, -0.2) is 101 Å². The number of rotatable bonds is 11. The fourth-order valence-electron chi connectivity index (χ4n) is 3.32. The lowest BCUT2D eigenvalue weighted by Crippen LogP contribution is -2.45. The molecule has 1 fully saturated rings. The average Bonchev–Trinajstić information content (AvgIpc) is 2.73. The number of aliphatic imine (C=N–C) groups is 1. The molecule has 2 heterocycles. The summed E-state index contributed by atoms with van der Waals surface area (Å²) in [7, 11) is 6.06. The van der Waals surface area contributed by atoms with Crippen LogP contribution >= 0.6 is 0 Å². The van der Waals surface area contributed by atoms with Gasteiger partial charge < -0.3 is 30.1 Å². The molecule has 1 saturated heterocycles. The lowest BCUT2D eigenvalue weighted by molar-refractivity contribution is 0.180. The highest BCUT2D eigenvalue weighted by atomic mass is 16.5. The molecule has 0 bridgehead atoms. The summed E-state index contributed by atoms with van der Waals surface area (Å²) in [6, 6.07) is 4.14. The Balaban J connectivity index is 1.89. The number of guanidine groups is 1. The van der Waals surface area contributed by atoms with Crippen LogP contribution in [0, 0.1) is 0 Å². The molecule has 8 heteroatoms. The largest absolute Gasteiger partial charge is 0.385 e. The van der Waals surface area contributed by atoms with Crippen molar-refractivity contribution >= 4 is 11.8 Å². The maximum Gasteiger partial charge on any atom is 0.191 e. The average molecular weight is 406 g/mol. The number of aromatic nitrogens is 1. The summed E-state index contributed by atoms with van der Waals surface area (Å²) in [4.78, 5) is 16.5. The molecule has 0 amide bonds. The van der Waals surface area contributed by atoms with Gasteiger partial charge in [0.25, 0.3) is 0 Å². The third-order valence-corrected chi connectivity index (χ3v) is 5.10. The Morgan fingerprint density at radius 2 is 2.03 bits per heavy atom. The van der Waals surface area contributed by atoms with Crippen molar-refractivity contribution in [2.75, 3.05) is 85.1 Å². The Bertz CT molecular complexity index is 602. The van der Waals surface area contributed by atoms with Gasteiger partial charge in [-0.1, -0.05) is 6.07 Å². The molecule has 0 aliphatic carbocycles. The maximum atomic E-state index is 5.12. The van der Waals surface area contributed by atoms with E-state index in [1.165, 1.54) is 5.56 Å². The molecule has 0 atom stereocenters. The van der Waals surface area contributed by atoms with Crippen LogP contribution in [0.4, 0.5) is 5.82 Å². The quantitative estimate of drug-likeness (QED) is 0.321. The number of hydrogen-bond acceptors (Lipinski definition) is 6. The first-order valence-corrected chi connectivity index (χ1v) is 10.7. The third kappa shape index (κ3) is 8.55. The maximum absolute atomic E-state index is 5.12. The minimum Gasteiger partial charge on any atom is -0.385 e. The third-order valence-electron chi connectivity index (χ3n) is 5.10. The highest BCUT2D eigenvalue weighted by Gasteiger charge is 2.17. The number of ether oxygens (including phenoxy) is 1. The summed E-state index contributed by atoms with van der Waals surface area (Å²) in [6.07, 6.45) is 2.93. The van der Waals surface area contributed by atoms with Crippen molar-refractivity contribution in [1.29, 1.82) is 0 Å². The Hall–Kier alpha value is -1.90. The molecule has 164 valence electrons. The van der Waals surface area contributed by atoms with Gasteiger partial charge in [0.2, 0.25) is 0 Å². The predicted molar refractivity (Wildman–Crippen MR) is 121 cm³/mol. The first-order chi connectivity index (χ1) is 14.1. The van der Waals surface area contributed by atoms with Crippen molar-refractivity contribution in [3.63, 3.8) is 0 Å². The van der Waals surface area contributed by atoms with Gasteiger partial charge in [-0.05, 0) is 33.5 Å². The molecular formula is C21H39N7O. The molecular weight excluding hydrogens is 366 g/mol. The topological polar surface area (TPSA) is 68.3 Å². The smallest absolute Gasteiger partial charge is 0.191 e. The molecule has 0 radical (unpaired) electrons. The summed E-state index contributed by atoms with van der Waals surface area (Å²) in [6.45, 7) is 11.4. The van der Waals surface area contributed by atoms with E-state index in [1.807, 2.05) is 12.3 Å². The minimum absolute atomic E-state index is 0.620. The van der Waals surface area contributed by atoms with Crippen molar-refractivity contribution in [2.45, 2.75) is 19.9 Å². The minimum atomic E-state index is 0.620. The number of pyridine rings is 1. The van der Waals surface area contributed by atoms with E-state index in [1.54, 1.807) is 7.11 Å². The lowest BCUT2D eigenvalue weighted by atomic mass is 10.2. The molecule has 2 N–H and O–H groups in total. The molecule has 1 aromatic heterocycles. The van der Waals surface area contributed by atoms with Crippen LogP contribution in [0.3, 0.4) is 0 Å². The van der Waals surface area contributed by atoms with Crippen LogP contribution in [0.25, 0.3) is 0 Å². The van der Waals surface area contributed by atoms with Crippen molar-refractivity contribution < 1.29 is 4.74 Å². The van der Waals surface area contributed by atoms with Crippen molar-refractivity contribution in [2.24, 2.45) is 4.99 Å². The lowest BCUT2D eigenvalue weighted by Gasteiger charge is -2.34. The van der Waals surface area contributed by atoms with Crippen LogP contribution < -0.4 is 15.5 Å². The highest BCUT2D eigenvalue weighted by Crippen LogP contribution is 2.19. The summed E-state index contributed by atoms with van der Waals surface area (Å²) in [5.74, 6) is 1.92. The highest BCUT2D eigenvalue weighted by molar-refractivity contribution is 5.79. The van der Waals surface area contributed by atoms with Crippen LogP contribution in [0.15, 0.2) is 23.3 Å². The molecule has 0 saturated carbocycles.